The summed E-state index contributed by atoms with van der Waals surface area (Å²) in [7, 11) is 0. The van der Waals surface area contributed by atoms with E-state index < -0.39 is 0 Å². The Labute approximate surface area is 117 Å². The van der Waals surface area contributed by atoms with Gasteiger partial charge in [0.05, 0.1) is 16.4 Å². The van der Waals surface area contributed by atoms with Crippen LogP contribution in [0.5, 0.6) is 0 Å². The molecule has 0 fully saturated rings. The average Bonchev–Trinajstić information content (AvgIpc) is 2.63. The third kappa shape index (κ3) is 3.26. The van der Waals surface area contributed by atoms with Crippen molar-refractivity contribution in [2.45, 2.75) is 27.3 Å². The number of rotatable bonds is 4. The molecule has 3 nitrogen and oxygen atoms in total. The second kappa shape index (κ2) is 5.61. The Balaban J connectivity index is 2.33. The van der Waals surface area contributed by atoms with Crippen molar-refractivity contribution in [1.29, 1.82) is 0 Å². The maximum atomic E-state index is 13.8. The molecule has 0 amide bonds. The first-order chi connectivity index (χ1) is 8.97. The Morgan fingerprint density at radius 2 is 2.16 bits per heavy atom. The van der Waals surface area contributed by atoms with Crippen LogP contribution in [-0.2, 0) is 6.54 Å². The van der Waals surface area contributed by atoms with E-state index >= 15 is 0 Å². The largest absolute Gasteiger partial charge is 0.322 e. The molecule has 1 aromatic heterocycles. The lowest BCUT2D eigenvalue weighted by Crippen LogP contribution is -2.08. The van der Waals surface area contributed by atoms with Crippen molar-refractivity contribution in [2.75, 3.05) is 5.32 Å². The van der Waals surface area contributed by atoms with E-state index in [1.165, 1.54) is 6.07 Å². The maximum Gasteiger partial charge on any atom is 0.207 e. The summed E-state index contributed by atoms with van der Waals surface area (Å²) in [6, 6.07) is 4.60. The van der Waals surface area contributed by atoms with Crippen LogP contribution in [0, 0.1) is 18.7 Å². The molecule has 0 radical (unpaired) electrons. The molecule has 0 atom stereocenters. The van der Waals surface area contributed by atoms with Crippen LogP contribution < -0.4 is 5.32 Å². The minimum Gasteiger partial charge on any atom is -0.322 e. The van der Waals surface area contributed by atoms with Gasteiger partial charge in [0.2, 0.25) is 5.95 Å². The van der Waals surface area contributed by atoms with Gasteiger partial charge in [0.25, 0.3) is 0 Å². The first-order valence-electron chi connectivity index (χ1n) is 6.22. The van der Waals surface area contributed by atoms with E-state index in [4.69, 9.17) is 11.6 Å². The van der Waals surface area contributed by atoms with Crippen molar-refractivity contribution in [2.24, 2.45) is 5.92 Å². The number of nitrogens with zero attached hydrogens (tertiary/aromatic N) is 2. The van der Waals surface area contributed by atoms with E-state index in [-0.39, 0.29) is 11.5 Å². The van der Waals surface area contributed by atoms with Gasteiger partial charge >= 0.3 is 0 Å². The van der Waals surface area contributed by atoms with Crippen molar-refractivity contribution in [3.05, 3.63) is 40.9 Å². The van der Waals surface area contributed by atoms with Gasteiger partial charge in [-0.3, -0.25) is 0 Å². The Morgan fingerprint density at radius 1 is 1.42 bits per heavy atom. The summed E-state index contributed by atoms with van der Waals surface area (Å²) in [6.07, 6.45) is 1.94. The maximum absolute atomic E-state index is 13.8. The van der Waals surface area contributed by atoms with Crippen LogP contribution in [0.3, 0.4) is 0 Å². The Morgan fingerprint density at radius 3 is 2.79 bits per heavy atom. The number of benzene rings is 1. The smallest absolute Gasteiger partial charge is 0.207 e. The van der Waals surface area contributed by atoms with Crippen molar-refractivity contribution < 1.29 is 4.39 Å². The van der Waals surface area contributed by atoms with Crippen molar-refractivity contribution in [3.63, 3.8) is 0 Å². The van der Waals surface area contributed by atoms with Gasteiger partial charge < -0.3 is 9.88 Å². The predicted molar refractivity (Wildman–Crippen MR) is 76.5 cm³/mol. The zero-order valence-electron chi connectivity index (χ0n) is 11.2. The molecular weight excluding hydrogens is 265 g/mol. The number of anilines is 2. The third-order valence-corrected chi connectivity index (χ3v) is 2.97. The van der Waals surface area contributed by atoms with E-state index in [1.807, 2.05) is 17.7 Å². The van der Waals surface area contributed by atoms with Gasteiger partial charge in [-0.05, 0) is 25.0 Å². The van der Waals surface area contributed by atoms with Gasteiger partial charge in [0, 0.05) is 12.7 Å². The standard InChI is InChI=1S/C14H17ClFN3/c1-9(2)7-19-8-10(3)17-14(19)18-13-11(15)5-4-6-12(13)16/h4-6,8-9H,7H2,1-3H3,(H,17,18). The highest BCUT2D eigenvalue weighted by atomic mass is 35.5. The molecule has 0 aliphatic heterocycles. The van der Waals surface area contributed by atoms with Crippen molar-refractivity contribution in [1.82, 2.24) is 9.55 Å². The summed E-state index contributed by atoms with van der Waals surface area (Å²) >= 11 is 6.00. The number of hydrogen-bond acceptors (Lipinski definition) is 2. The second-order valence-corrected chi connectivity index (χ2v) is 5.38. The zero-order valence-corrected chi connectivity index (χ0v) is 12.0. The third-order valence-electron chi connectivity index (χ3n) is 2.66. The SMILES string of the molecule is Cc1cn(CC(C)C)c(Nc2c(F)cccc2Cl)n1. The highest BCUT2D eigenvalue weighted by Crippen LogP contribution is 2.28. The summed E-state index contributed by atoms with van der Waals surface area (Å²) in [6.45, 7) is 6.96. The summed E-state index contributed by atoms with van der Waals surface area (Å²) in [5.41, 5.74) is 1.15. The summed E-state index contributed by atoms with van der Waals surface area (Å²) < 4.78 is 15.7. The lowest BCUT2D eigenvalue weighted by molar-refractivity contribution is 0.527. The molecule has 0 bridgehead atoms. The summed E-state index contributed by atoms with van der Waals surface area (Å²) in [5, 5.41) is 3.32. The van der Waals surface area contributed by atoms with Crippen LogP contribution in [0.1, 0.15) is 19.5 Å². The topological polar surface area (TPSA) is 29.9 Å². The van der Waals surface area contributed by atoms with Crippen LogP contribution in [0.4, 0.5) is 16.0 Å². The normalized spacial score (nSPS) is 11.1. The predicted octanol–water partition coefficient (Wildman–Crippen LogP) is 4.38. The summed E-state index contributed by atoms with van der Waals surface area (Å²) in [4.78, 5) is 4.37. The monoisotopic (exact) mass is 281 g/mol. The molecule has 102 valence electrons. The number of aromatic nitrogens is 2. The van der Waals surface area contributed by atoms with Gasteiger partial charge in [-0.15, -0.1) is 0 Å². The van der Waals surface area contributed by atoms with E-state index in [1.54, 1.807) is 12.1 Å². The molecule has 0 saturated carbocycles. The van der Waals surface area contributed by atoms with Gasteiger partial charge in [-0.1, -0.05) is 31.5 Å². The summed E-state index contributed by atoms with van der Waals surface area (Å²) in [5.74, 6) is 0.702. The molecule has 2 rings (SSSR count). The minimum atomic E-state index is -0.385. The van der Waals surface area contributed by atoms with Gasteiger partial charge in [0.15, 0.2) is 0 Å². The lowest BCUT2D eigenvalue weighted by atomic mass is 10.2. The minimum absolute atomic E-state index is 0.264. The average molecular weight is 282 g/mol. The highest BCUT2D eigenvalue weighted by molar-refractivity contribution is 6.33. The molecule has 0 spiro atoms. The molecule has 0 unspecified atom stereocenters. The van der Waals surface area contributed by atoms with E-state index in [0.29, 0.717) is 16.9 Å². The number of aryl methyl sites for hydroxylation is 1. The number of nitrogens with one attached hydrogen (secondary N) is 1. The highest BCUT2D eigenvalue weighted by Gasteiger charge is 2.12. The Hall–Kier alpha value is -1.55. The molecule has 19 heavy (non-hydrogen) atoms. The molecular formula is C14H17ClFN3. The molecule has 0 aliphatic carbocycles. The van der Waals surface area contributed by atoms with E-state index in [0.717, 1.165) is 12.2 Å². The molecule has 0 saturated heterocycles. The van der Waals surface area contributed by atoms with Crippen molar-refractivity contribution in [3.8, 4) is 0 Å². The quantitative estimate of drug-likeness (QED) is 0.901. The Bertz CT molecular complexity index is 558. The number of hydrogen-bond donors (Lipinski definition) is 1. The van der Waals surface area contributed by atoms with Crippen LogP contribution in [0.2, 0.25) is 5.02 Å². The fourth-order valence-corrected chi connectivity index (χ4v) is 2.12. The van der Waals surface area contributed by atoms with Crippen LogP contribution >= 0.6 is 11.6 Å². The first kappa shape index (κ1) is 13.9. The van der Waals surface area contributed by atoms with Crippen LogP contribution in [0.15, 0.2) is 24.4 Å². The molecule has 1 N–H and O–H groups in total. The van der Waals surface area contributed by atoms with Crippen LogP contribution in [0.25, 0.3) is 0 Å². The van der Waals surface area contributed by atoms with E-state index in [9.17, 15) is 4.39 Å². The van der Waals surface area contributed by atoms with Gasteiger partial charge in [-0.2, -0.15) is 0 Å². The number of imidazole rings is 1. The number of para-hydroxylation sites is 1. The second-order valence-electron chi connectivity index (χ2n) is 4.97. The van der Waals surface area contributed by atoms with Crippen LogP contribution in [-0.4, -0.2) is 9.55 Å². The van der Waals surface area contributed by atoms with E-state index in [2.05, 4.69) is 24.1 Å². The molecule has 1 aromatic carbocycles. The molecule has 1 heterocycles. The first-order valence-corrected chi connectivity index (χ1v) is 6.60. The number of halogens is 2. The van der Waals surface area contributed by atoms with Gasteiger partial charge in [0.1, 0.15) is 5.82 Å². The molecule has 0 aliphatic rings. The molecule has 5 heteroatoms. The fraction of sp³-hybridized carbons (Fsp3) is 0.357. The van der Waals surface area contributed by atoms with Gasteiger partial charge in [-0.25, -0.2) is 9.37 Å². The van der Waals surface area contributed by atoms with Crippen molar-refractivity contribution >= 4 is 23.2 Å². The zero-order chi connectivity index (χ0) is 14.0. The Kier molecular flexibility index (Phi) is 4.10. The molecule has 2 aromatic rings. The fourth-order valence-electron chi connectivity index (χ4n) is 1.91. The lowest BCUT2D eigenvalue weighted by Gasteiger charge is -2.13.